The second-order valence-electron chi connectivity index (χ2n) is 5.97. The summed E-state index contributed by atoms with van der Waals surface area (Å²) in [4.78, 5) is 0. The van der Waals surface area contributed by atoms with E-state index < -0.39 is 0 Å². The van der Waals surface area contributed by atoms with E-state index in [-0.39, 0.29) is 6.23 Å². The summed E-state index contributed by atoms with van der Waals surface area (Å²) in [5.41, 5.74) is 0.307. The maximum atomic E-state index is 5.88. The van der Waals surface area contributed by atoms with Gasteiger partial charge in [0.15, 0.2) is 0 Å². The van der Waals surface area contributed by atoms with Crippen LogP contribution in [0.1, 0.15) is 20.8 Å². The van der Waals surface area contributed by atoms with Crippen LogP contribution in [0.5, 0.6) is 0 Å². The molecule has 0 radical (unpaired) electrons. The lowest BCUT2D eigenvalue weighted by molar-refractivity contribution is -0.00184. The van der Waals surface area contributed by atoms with Crippen molar-refractivity contribution in [1.82, 2.24) is 16.0 Å². The maximum Gasteiger partial charge on any atom is 0.120 e. The van der Waals surface area contributed by atoms with Gasteiger partial charge in [0.1, 0.15) is 6.23 Å². The predicted octanol–water partition coefficient (Wildman–Crippen LogP) is 0.599. The summed E-state index contributed by atoms with van der Waals surface area (Å²) in [6.45, 7) is 9.52. The molecule has 2 rings (SSSR count). The molecule has 0 saturated carbocycles. The Labute approximate surface area is 109 Å². The lowest BCUT2D eigenvalue weighted by Gasteiger charge is -2.38. The first-order chi connectivity index (χ1) is 8.05. The van der Waals surface area contributed by atoms with Crippen LogP contribution in [-0.4, -0.2) is 49.6 Å². The van der Waals surface area contributed by atoms with Crippen molar-refractivity contribution >= 4 is 11.8 Å². The molecule has 2 aliphatic rings. The van der Waals surface area contributed by atoms with Gasteiger partial charge in [0.2, 0.25) is 0 Å². The molecule has 0 aromatic rings. The number of nitrogens with one attached hydrogen (secondary N) is 3. The van der Waals surface area contributed by atoms with Crippen LogP contribution in [-0.2, 0) is 4.74 Å². The standard InChI is InChI=1S/C12H25N3OS/c1-12(2,3)10-4-14-11(5-13-10)16-6-9-7-17-8-15-9/h9-11,13-15H,4-8H2,1-3H3. The highest BCUT2D eigenvalue weighted by molar-refractivity contribution is 7.99. The largest absolute Gasteiger partial charge is 0.360 e. The van der Waals surface area contributed by atoms with Gasteiger partial charge in [-0.15, -0.1) is 11.8 Å². The summed E-state index contributed by atoms with van der Waals surface area (Å²) in [5, 5.41) is 10.5. The van der Waals surface area contributed by atoms with Gasteiger partial charge < -0.3 is 15.4 Å². The highest BCUT2D eigenvalue weighted by Gasteiger charge is 2.29. The van der Waals surface area contributed by atoms with E-state index in [1.165, 1.54) is 5.75 Å². The summed E-state index contributed by atoms with van der Waals surface area (Å²) < 4.78 is 5.88. The Bertz CT molecular complexity index is 230. The fraction of sp³-hybridized carbons (Fsp3) is 1.00. The van der Waals surface area contributed by atoms with Crippen molar-refractivity contribution in [2.75, 3.05) is 31.3 Å². The highest BCUT2D eigenvalue weighted by Crippen LogP contribution is 2.20. The zero-order valence-electron chi connectivity index (χ0n) is 11.1. The van der Waals surface area contributed by atoms with E-state index >= 15 is 0 Å². The summed E-state index contributed by atoms with van der Waals surface area (Å²) in [6.07, 6.45) is 0.168. The van der Waals surface area contributed by atoms with Gasteiger partial charge in [0.25, 0.3) is 0 Å². The average molecular weight is 259 g/mol. The zero-order valence-corrected chi connectivity index (χ0v) is 11.9. The fourth-order valence-electron chi connectivity index (χ4n) is 2.15. The highest BCUT2D eigenvalue weighted by atomic mass is 32.2. The van der Waals surface area contributed by atoms with Crippen LogP contribution in [0.2, 0.25) is 0 Å². The molecule has 0 spiro atoms. The third kappa shape index (κ3) is 4.10. The topological polar surface area (TPSA) is 45.3 Å². The third-order valence-electron chi connectivity index (χ3n) is 3.44. The summed E-state index contributed by atoms with van der Waals surface area (Å²) >= 11 is 1.95. The van der Waals surface area contributed by atoms with Gasteiger partial charge >= 0.3 is 0 Å². The van der Waals surface area contributed by atoms with Gasteiger partial charge in [0, 0.05) is 36.8 Å². The molecule has 17 heavy (non-hydrogen) atoms. The van der Waals surface area contributed by atoms with Crippen molar-refractivity contribution in [2.24, 2.45) is 5.41 Å². The van der Waals surface area contributed by atoms with Crippen LogP contribution < -0.4 is 16.0 Å². The van der Waals surface area contributed by atoms with Gasteiger partial charge in [-0.3, -0.25) is 5.32 Å². The summed E-state index contributed by atoms with van der Waals surface area (Å²) in [6, 6.07) is 1.06. The zero-order chi connectivity index (χ0) is 12.3. The molecule has 0 aliphatic carbocycles. The van der Waals surface area contributed by atoms with Gasteiger partial charge in [-0.25, -0.2) is 0 Å². The number of thioether (sulfide) groups is 1. The summed E-state index contributed by atoms with van der Waals surface area (Å²) in [5.74, 6) is 2.24. The Kier molecular flexibility index (Phi) is 4.72. The van der Waals surface area contributed by atoms with Gasteiger partial charge in [-0.2, -0.15) is 0 Å². The Morgan fingerprint density at radius 1 is 1.18 bits per heavy atom. The minimum atomic E-state index is 0.168. The molecule has 0 amide bonds. The molecule has 4 nitrogen and oxygen atoms in total. The Morgan fingerprint density at radius 3 is 2.53 bits per heavy atom. The molecule has 0 bridgehead atoms. The van der Waals surface area contributed by atoms with Crippen molar-refractivity contribution < 1.29 is 4.74 Å². The molecular formula is C12H25N3OS. The van der Waals surface area contributed by atoms with Crippen LogP contribution in [0.3, 0.4) is 0 Å². The predicted molar refractivity (Wildman–Crippen MR) is 73.2 cm³/mol. The van der Waals surface area contributed by atoms with Gasteiger partial charge in [0.05, 0.1) is 6.61 Å². The Balaban J connectivity index is 1.65. The molecule has 3 N–H and O–H groups in total. The minimum Gasteiger partial charge on any atom is -0.360 e. The SMILES string of the molecule is CC(C)(C)C1CNC(OCC2CSCN2)CN1. The molecule has 3 unspecified atom stereocenters. The van der Waals surface area contributed by atoms with E-state index in [0.717, 1.165) is 25.6 Å². The maximum absolute atomic E-state index is 5.88. The van der Waals surface area contributed by atoms with Crippen molar-refractivity contribution in [1.29, 1.82) is 0 Å². The molecule has 3 atom stereocenters. The van der Waals surface area contributed by atoms with Gasteiger partial charge in [-0.05, 0) is 5.41 Å². The van der Waals surface area contributed by atoms with E-state index in [1.807, 2.05) is 11.8 Å². The quantitative estimate of drug-likeness (QED) is 0.693. The first-order valence-corrected chi connectivity index (χ1v) is 7.60. The summed E-state index contributed by atoms with van der Waals surface area (Å²) in [7, 11) is 0. The average Bonchev–Trinajstić information content (AvgIpc) is 2.78. The first-order valence-electron chi connectivity index (χ1n) is 6.45. The lowest BCUT2D eigenvalue weighted by Crippen LogP contribution is -2.59. The van der Waals surface area contributed by atoms with Crippen molar-refractivity contribution in [2.45, 2.75) is 39.1 Å². The number of hydrogen-bond acceptors (Lipinski definition) is 5. The van der Waals surface area contributed by atoms with E-state index in [2.05, 4.69) is 36.7 Å². The Hall–Kier alpha value is 0.190. The molecule has 100 valence electrons. The van der Waals surface area contributed by atoms with Crippen LogP contribution in [0, 0.1) is 5.41 Å². The Morgan fingerprint density at radius 2 is 2.00 bits per heavy atom. The van der Waals surface area contributed by atoms with E-state index in [9.17, 15) is 0 Å². The molecule has 2 heterocycles. The molecule has 0 aromatic carbocycles. The first kappa shape index (κ1) is 13.6. The number of rotatable bonds is 3. The minimum absolute atomic E-state index is 0.168. The fourth-order valence-corrected chi connectivity index (χ4v) is 3.12. The monoisotopic (exact) mass is 259 g/mol. The normalized spacial score (nSPS) is 35.1. The number of piperazine rings is 1. The number of hydrogen-bond donors (Lipinski definition) is 3. The molecule has 0 aromatic heterocycles. The van der Waals surface area contributed by atoms with Gasteiger partial charge in [-0.1, -0.05) is 20.8 Å². The molecule has 2 fully saturated rings. The molecule has 5 heteroatoms. The van der Waals surface area contributed by atoms with E-state index in [4.69, 9.17) is 4.74 Å². The van der Waals surface area contributed by atoms with E-state index in [0.29, 0.717) is 17.5 Å². The van der Waals surface area contributed by atoms with Crippen molar-refractivity contribution in [3.8, 4) is 0 Å². The van der Waals surface area contributed by atoms with E-state index in [1.54, 1.807) is 0 Å². The molecule has 2 saturated heterocycles. The smallest absolute Gasteiger partial charge is 0.120 e. The van der Waals surface area contributed by atoms with Crippen LogP contribution in [0.15, 0.2) is 0 Å². The van der Waals surface area contributed by atoms with Crippen LogP contribution >= 0.6 is 11.8 Å². The van der Waals surface area contributed by atoms with Crippen LogP contribution in [0.4, 0.5) is 0 Å². The molecule has 2 aliphatic heterocycles. The van der Waals surface area contributed by atoms with Crippen molar-refractivity contribution in [3.63, 3.8) is 0 Å². The number of ether oxygens (including phenoxy) is 1. The van der Waals surface area contributed by atoms with Crippen molar-refractivity contribution in [3.05, 3.63) is 0 Å². The molecular weight excluding hydrogens is 234 g/mol. The second kappa shape index (κ2) is 5.89. The van der Waals surface area contributed by atoms with Crippen LogP contribution in [0.25, 0.3) is 0 Å². The lowest BCUT2D eigenvalue weighted by atomic mass is 9.86. The third-order valence-corrected chi connectivity index (χ3v) is 4.45. The second-order valence-corrected chi connectivity index (χ2v) is 7.00.